The van der Waals surface area contributed by atoms with E-state index in [0.29, 0.717) is 6.04 Å². The number of nitrogens with zero attached hydrogens (tertiary/aromatic N) is 1. The number of likely N-dealkylation sites (N-methyl/N-ethyl adjacent to an activating group) is 1. The van der Waals surface area contributed by atoms with Crippen LogP contribution in [0.25, 0.3) is 0 Å². The van der Waals surface area contributed by atoms with Crippen molar-refractivity contribution in [2.75, 3.05) is 25.0 Å². The third-order valence-corrected chi connectivity index (χ3v) is 2.76. The maximum Gasteiger partial charge on any atom is 0.0535 e. The molecule has 1 fully saturated rings. The van der Waals surface area contributed by atoms with Gasteiger partial charge in [0.25, 0.3) is 0 Å². The summed E-state index contributed by atoms with van der Waals surface area (Å²) in [5.74, 6) is 0. The van der Waals surface area contributed by atoms with Crippen molar-refractivity contribution in [2.24, 2.45) is 0 Å². The van der Waals surface area contributed by atoms with E-state index in [2.05, 4.69) is 23.3 Å². The van der Waals surface area contributed by atoms with Crippen LogP contribution in [0, 0.1) is 0 Å². The topological polar surface area (TPSA) is 15.3 Å². The van der Waals surface area contributed by atoms with Crippen molar-refractivity contribution < 1.29 is 0 Å². The molecule has 2 nitrogen and oxygen atoms in total. The minimum atomic E-state index is 0.624. The number of benzene rings is 1. The molecule has 0 saturated carbocycles. The fraction of sp³-hybridized carbons (Fsp3) is 0.400. The van der Waals surface area contributed by atoms with Crippen molar-refractivity contribution in [1.82, 2.24) is 5.32 Å². The molecular weight excluding hydrogens is 184 g/mol. The number of hydrogen-bond acceptors (Lipinski definition) is 2. The third kappa shape index (κ3) is 1.79. The molecule has 1 N–H and O–H groups in total. The summed E-state index contributed by atoms with van der Waals surface area (Å²) < 4.78 is 0. The van der Waals surface area contributed by atoms with Gasteiger partial charge in [-0.15, -0.1) is 0 Å². The summed E-state index contributed by atoms with van der Waals surface area (Å²) in [7, 11) is 2.11. The Morgan fingerprint density at radius 3 is 2.77 bits per heavy atom. The molecule has 1 aromatic rings. The third-order valence-electron chi connectivity index (χ3n) is 2.52. The lowest BCUT2D eigenvalue weighted by Gasteiger charge is -2.37. The number of rotatable bonds is 2. The zero-order valence-corrected chi connectivity index (χ0v) is 8.38. The standard InChI is InChI=1S/C10H13ClN2/c1-13(10-6-12-7-10)9-4-2-3-8(11)5-9/h2-5,10,12H,6-7H2,1H3. The predicted octanol–water partition coefficient (Wildman–Crippen LogP) is 1.75. The zero-order chi connectivity index (χ0) is 9.26. The number of hydrogen-bond donors (Lipinski definition) is 1. The van der Waals surface area contributed by atoms with Gasteiger partial charge in [0, 0.05) is 30.8 Å². The van der Waals surface area contributed by atoms with Gasteiger partial charge >= 0.3 is 0 Å². The fourth-order valence-electron chi connectivity index (χ4n) is 1.45. The van der Waals surface area contributed by atoms with Gasteiger partial charge in [-0.2, -0.15) is 0 Å². The summed E-state index contributed by atoms with van der Waals surface area (Å²) in [6.07, 6.45) is 0. The summed E-state index contributed by atoms with van der Waals surface area (Å²) >= 11 is 5.91. The van der Waals surface area contributed by atoms with Crippen LogP contribution in [0.2, 0.25) is 5.02 Å². The highest BCUT2D eigenvalue weighted by Gasteiger charge is 2.21. The van der Waals surface area contributed by atoms with Gasteiger partial charge in [0.2, 0.25) is 0 Å². The van der Waals surface area contributed by atoms with Crippen LogP contribution < -0.4 is 10.2 Å². The minimum absolute atomic E-state index is 0.624. The molecule has 0 unspecified atom stereocenters. The van der Waals surface area contributed by atoms with Gasteiger partial charge in [0.05, 0.1) is 6.04 Å². The Balaban J connectivity index is 2.14. The average Bonchev–Trinajstić information content (AvgIpc) is 2.01. The van der Waals surface area contributed by atoms with Gasteiger partial charge in [-0.1, -0.05) is 17.7 Å². The van der Waals surface area contributed by atoms with E-state index in [1.807, 2.05) is 18.2 Å². The van der Waals surface area contributed by atoms with E-state index in [-0.39, 0.29) is 0 Å². The molecule has 2 rings (SSSR count). The SMILES string of the molecule is CN(c1cccc(Cl)c1)C1CNC1. The molecule has 1 aliphatic rings. The molecule has 0 radical (unpaired) electrons. The molecule has 13 heavy (non-hydrogen) atoms. The molecule has 0 aromatic heterocycles. The Morgan fingerprint density at radius 1 is 1.46 bits per heavy atom. The van der Waals surface area contributed by atoms with Crippen LogP contribution in [0.4, 0.5) is 5.69 Å². The Kier molecular flexibility index (Phi) is 2.42. The highest BCUT2D eigenvalue weighted by Crippen LogP contribution is 2.20. The summed E-state index contributed by atoms with van der Waals surface area (Å²) in [6.45, 7) is 2.14. The number of halogens is 1. The monoisotopic (exact) mass is 196 g/mol. The Hall–Kier alpha value is -0.730. The van der Waals surface area contributed by atoms with Crippen LogP contribution in [-0.2, 0) is 0 Å². The first kappa shape index (κ1) is 8.85. The van der Waals surface area contributed by atoms with E-state index >= 15 is 0 Å². The maximum absolute atomic E-state index is 5.91. The molecule has 1 saturated heterocycles. The number of anilines is 1. The molecule has 0 aliphatic carbocycles. The summed E-state index contributed by atoms with van der Waals surface area (Å²) in [4.78, 5) is 2.27. The molecule has 1 aromatic carbocycles. The number of nitrogens with one attached hydrogen (secondary N) is 1. The fourth-order valence-corrected chi connectivity index (χ4v) is 1.64. The molecule has 0 atom stereocenters. The van der Waals surface area contributed by atoms with Crippen LogP contribution >= 0.6 is 11.6 Å². The van der Waals surface area contributed by atoms with Gasteiger partial charge in [-0.3, -0.25) is 0 Å². The van der Waals surface area contributed by atoms with Crippen LogP contribution in [0.15, 0.2) is 24.3 Å². The maximum atomic E-state index is 5.91. The van der Waals surface area contributed by atoms with E-state index in [1.165, 1.54) is 5.69 Å². The largest absolute Gasteiger partial charge is 0.369 e. The first-order valence-electron chi connectivity index (χ1n) is 4.46. The highest BCUT2D eigenvalue weighted by atomic mass is 35.5. The van der Waals surface area contributed by atoms with Gasteiger partial charge < -0.3 is 10.2 Å². The van der Waals surface area contributed by atoms with Crippen LogP contribution in [0.1, 0.15) is 0 Å². The van der Waals surface area contributed by atoms with E-state index < -0.39 is 0 Å². The first-order valence-corrected chi connectivity index (χ1v) is 4.84. The molecule has 1 heterocycles. The first-order chi connectivity index (χ1) is 6.27. The molecular formula is C10H13ClN2. The van der Waals surface area contributed by atoms with Crippen molar-refractivity contribution in [2.45, 2.75) is 6.04 Å². The van der Waals surface area contributed by atoms with E-state index in [9.17, 15) is 0 Å². The van der Waals surface area contributed by atoms with Crippen molar-refractivity contribution in [3.05, 3.63) is 29.3 Å². The molecule has 0 amide bonds. The molecule has 1 aliphatic heterocycles. The Morgan fingerprint density at radius 2 is 2.23 bits per heavy atom. The second-order valence-electron chi connectivity index (χ2n) is 3.40. The molecule has 0 spiro atoms. The Labute approximate surface area is 83.5 Å². The van der Waals surface area contributed by atoms with Crippen molar-refractivity contribution >= 4 is 17.3 Å². The van der Waals surface area contributed by atoms with Crippen LogP contribution in [-0.4, -0.2) is 26.2 Å². The Bertz CT molecular complexity index is 297. The van der Waals surface area contributed by atoms with Crippen molar-refractivity contribution in [3.63, 3.8) is 0 Å². The summed E-state index contributed by atoms with van der Waals surface area (Å²) in [5, 5.41) is 4.05. The molecule has 70 valence electrons. The van der Waals surface area contributed by atoms with Crippen molar-refractivity contribution in [1.29, 1.82) is 0 Å². The van der Waals surface area contributed by atoms with Gasteiger partial charge in [-0.25, -0.2) is 0 Å². The molecule has 0 bridgehead atoms. The molecule has 3 heteroatoms. The lowest BCUT2D eigenvalue weighted by atomic mass is 10.1. The van der Waals surface area contributed by atoms with Crippen LogP contribution in [0.3, 0.4) is 0 Å². The summed E-state index contributed by atoms with van der Waals surface area (Å²) in [6, 6.07) is 8.60. The second-order valence-corrected chi connectivity index (χ2v) is 3.84. The summed E-state index contributed by atoms with van der Waals surface area (Å²) in [5.41, 5.74) is 1.19. The normalized spacial score (nSPS) is 16.8. The van der Waals surface area contributed by atoms with Crippen molar-refractivity contribution in [3.8, 4) is 0 Å². The average molecular weight is 197 g/mol. The smallest absolute Gasteiger partial charge is 0.0535 e. The highest BCUT2D eigenvalue weighted by molar-refractivity contribution is 6.30. The van der Waals surface area contributed by atoms with Crippen LogP contribution in [0.5, 0.6) is 0 Å². The lowest BCUT2D eigenvalue weighted by Crippen LogP contribution is -2.56. The zero-order valence-electron chi connectivity index (χ0n) is 7.63. The van der Waals surface area contributed by atoms with Gasteiger partial charge in [0.15, 0.2) is 0 Å². The minimum Gasteiger partial charge on any atom is -0.369 e. The van der Waals surface area contributed by atoms with E-state index in [4.69, 9.17) is 11.6 Å². The lowest BCUT2D eigenvalue weighted by molar-refractivity contribution is 0.429. The van der Waals surface area contributed by atoms with E-state index in [1.54, 1.807) is 0 Å². The van der Waals surface area contributed by atoms with Gasteiger partial charge in [0.1, 0.15) is 0 Å². The quantitative estimate of drug-likeness (QED) is 0.776. The van der Waals surface area contributed by atoms with Gasteiger partial charge in [-0.05, 0) is 18.2 Å². The predicted molar refractivity (Wildman–Crippen MR) is 56.5 cm³/mol. The second kappa shape index (κ2) is 3.56. The van der Waals surface area contributed by atoms with E-state index in [0.717, 1.165) is 18.1 Å².